The minimum absolute atomic E-state index is 0.541. The first-order valence-corrected chi connectivity index (χ1v) is 5.57. The van der Waals surface area contributed by atoms with Gasteiger partial charge in [-0.05, 0) is 51.8 Å². The van der Waals surface area contributed by atoms with Crippen molar-refractivity contribution in [3.05, 3.63) is 82.8 Å². The third-order valence-electron chi connectivity index (χ3n) is 2.56. The van der Waals surface area contributed by atoms with Crippen LogP contribution in [0.25, 0.3) is 10.0 Å². The van der Waals surface area contributed by atoms with Crippen molar-refractivity contribution in [3.63, 3.8) is 0 Å². The number of hydrogen-bond acceptors (Lipinski definition) is 2. The molecule has 0 bridgehead atoms. The number of hydrogen-bond donors (Lipinski definition) is 0. The summed E-state index contributed by atoms with van der Waals surface area (Å²) in [7, 11) is 0. The first-order chi connectivity index (χ1) is 9.31. The molecule has 0 saturated heterocycles. The Bertz CT molecular complexity index is 562. The van der Waals surface area contributed by atoms with Crippen LogP contribution >= 0.6 is 0 Å². The molecule has 0 aliphatic rings. The van der Waals surface area contributed by atoms with E-state index in [-0.39, 0.29) is 0 Å². The first-order valence-electron chi connectivity index (χ1n) is 5.57. The Kier molecular flexibility index (Phi) is 4.00. The van der Waals surface area contributed by atoms with Crippen LogP contribution in [0, 0.1) is 13.1 Å². The molecule has 0 amide bonds. The fourth-order valence-corrected chi connectivity index (χ4v) is 1.68. The van der Waals surface area contributed by atoms with E-state index in [0.29, 0.717) is 11.5 Å². The second kappa shape index (κ2) is 6.09. The predicted octanol–water partition coefficient (Wildman–Crippen LogP) is 3.70. The van der Waals surface area contributed by atoms with E-state index in [1.54, 1.807) is 24.3 Å². The summed E-state index contributed by atoms with van der Waals surface area (Å²) in [5, 5.41) is 5.72. The van der Waals surface area contributed by atoms with Gasteiger partial charge in [-0.3, -0.25) is 0 Å². The molecule has 19 heavy (non-hydrogen) atoms. The summed E-state index contributed by atoms with van der Waals surface area (Å²) in [6.07, 6.45) is 0.774. The Morgan fingerprint density at radius 3 is 1.37 bits per heavy atom. The van der Waals surface area contributed by atoms with Crippen molar-refractivity contribution in [2.45, 2.75) is 6.42 Å². The third-order valence-corrected chi connectivity index (χ3v) is 2.56. The molecule has 0 spiro atoms. The van der Waals surface area contributed by atoms with Crippen LogP contribution in [-0.2, 0) is 6.42 Å². The van der Waals surface area contributed by atoms with Crippen molar-refractivity contribution in [1.82, 2.24) is 0 Å². The van der Waals surface area contributed by atoms with Crippen LogP contribution in [0.3, 0.4) is 0 Å². The lowest BCUT2D eigenvalue weighted by Gasteiger charge is -2.02. The molecule has 0 unspecified atom stereocenters. The van der Waals surface area contributed by atoms with Crippen molar-refractivity contribution in [2.24, 2.45) is 0 Å². The topological polar surface area (TPSA) is 27.2 Å². The minimum atomic E-state index is 0.541. The van der Waals surface area contributed by atoms with E-state index < -0.39 is 0 Å². The van der Waals surface area contributed by atoms with Crippen molar-refractivity contribution < 1.29 is 9.68 Å². The van der Waals surface area contributed by atoms with Gasteiger partial charge in [-0.15, -0.1) is 0 Å². The molecular weight excluding hydrogens is 240 g/mol. The van der Waals surface area contributed by atoms with E-state index in [9.17, 15) is 0 Å². The zero-order chi connectivity index (χ0) is 13.5. The van der Waals surface area contributed by atoms with Gasteiger partial charge in [-0.25, -0.2) is 0 Å². The Balaban J connectivity index is 2.04. The van der Waals surface area contributed by atoms with Crippen LogP contribution in [-0.4, -0.2) is 0 Å². The normalized spacial score (nSPS) is 9.16. The summed E-state index contributed by atoms with van der Waals surface area (Å²) in [5.41, 5.74) is 2.24. The molecule has 92 valence electrons. The molecule has 0 aliphatic heterocycles. The van der Waals surface area contributed by atoms with Crippen LogP contribution in [0.2, 0.25) is 0 Å². The van der Waals surface area contributed by atoms with E-state index in [1.807, 2.05) is 24.3 Å². The summed E-state index contributed by atoms with van der Waals surface area (Å²) in [6, 6.07) is 14.8. The Morgan fingerprint density at radius 1 is 0.684 bits per heavy atom. The predicted molar refractivity (Wildman–Crippen MR) is 70.2 cm³/mol. The third kappa shape index (κ3) is 3.49. The Morgan fingerprint density at radius 2 is 1.05 bits per heavy atom. The lowest BCUT2D eigenvalue weighted by atomic mass is 10.1. The van der Waals surface area contributed by atoms with E-state index >= 15 is 0 Å². The lowest BCUT2D eigenvalue weighted by molar-refractivity contribution is 0.472. The van der Waals surface area contributed by atoms with Gasteiger partial charge < -0.3 is 0 Å². The van der Waals surface area contributed by atoms with Gasteiger partial charge in [0.05, 0.1) is 0 Å². The van der Waals surface area contributed by atoms with Gasteiger partial charge in [0.15, 0.2) is 0 Å². The van der Waals surface area contributed by atoms with Crippen LogP contribution < -0.4 is 9.68 Å². The molecule has 0 aliphatic carbocycles. The SMILES string of the molecule is [C-]#[N+]Oc1ccc(Cc2ccc(O[N+]#[C-])cc2)cc1. The smallest absolute Gasteiger partial charge is 0.158 e. The van der Waals surface area contributed by atoms with Gasteiger partial charge in [0.25, 0.3) is 0 Å². The zero-order valence-electron chi connectivity index (χ0n) is 10.0. The van der Waals surface area contributed by atoms with Crippen molar-refractivity contribution in [1.29, 1.82) is 0 Å². The molecule has 4 heteroatoms. The second-order valence-electron chi connectivity index (χ2n) is 3.83. The van der Waals surface area contributed by atoms with E-state index in [4.69, 9.17) is 22.8 Å². The van der Waals surface area contributed by atoms with Crippen molar-refractivity contribution >= 4 is 0 Å². The molecule has 2 aromatic carbocycles. The molecule has 0 radical (unpaired) electrons. The molecule has 2 aromatic rings. The number of benzene rings is 2. The second-order valence-corrected chi connectivity index (χ2v) is 3.83. The quantitative estimate of drug-likeness (QED) is 0.611. The summed E-state index contributed by atoms with van der Waals surface area (Å²) in [6.45, 7) is 13.2. The van der Waals surface area contributed by atoms with Gasteiger partial charge in [0, 0.05) is 0 Å². The minimum Gasteiger partial charge on any atom is -0.158 e. The van der Waals surface area contributed by atoms with Gasteiger partial charge in [-0.1, -0.05) is 24.3 Å². The van der Waals surface area contributed by atoms with E-state index in [1.165, 1.54) is 0 Å². The fraction of sp³-hybridized carbons (Fsp3) is 0.0667. The van der Waals surface area contributed by atoms with Gasteiger partial charge in [-0.2, -0.15) is 22.8 Å². The largest absolute Gasteiger partial charge is 0.219 e. The molecule has 0 heterocycles. The first kappa shape index (κ1) is 12.5. The number of rotatable bonds is 4. The monoisotopic (exact) mass is 250 g/mol. The Labute approximate surface area is 111 Å². The highest BCUT2D eigenvalue weighted by Gasteiger charge is 2.01. The average Bonchev–Trinajstić information content (AvgIpc) is 2.44. The molecule has 0 aromatic heterocycles. The summed E-state index contributed by atoms with van der Waals surface area (Å²) < 4.78 is 0. The highest BCUT2D eigenvalue weighted by atomic mass is 16.6. The molecule has 0 atom stereocenters. The molecule has 2 rings (SSSR count). The molecule has 0 N–H and O–H groups in total. The van der Waals surface area contributed by atoms with Crippen LogP contribution in [0.1, 0.15) is 11.1 Å². The van der Waals surface area contributed by atoms with Gasteiger partial charge in [0.1, 0.15) is 0 Å². The standard InChI is InChI=1S/C15H10N2O2/c1-16-18-14-7-3-12(4-8-14)11-13-5-9-15(10-6-13)19-17-2/h3-10H,11H2. The maximum atomic E-state index is 6.60. The molecule has 0 fully saturated rings. The number of nitrogens with zero attached hydrogens (tertiary/aromatic N) is 2. The van der Waals surface area contributed by atoms with Crippen LogP contribution in [0.5, 0.6) is 11.5 Å². The summed E-state index contributed by atoms with van der Waals surface area (Å²) >= 11 is 0. The van der Waals surface area contributed by atoms with Crippen LogP contribution in [0.4, 0.5) is 0 Å². The molecular formula is C15H10N2O2. The maximum absolute atomic E-state index is 6.60. The van der Waals surface area contributed by atoms with Crippen molar-refractivity contribution in [2.75, 3.05) is 0 Å². The average molecular weight is 250 g/mol. The van der Waals surface area contributed by atoms with Gasteiger partial charge >= 0.3 is 0 Å². The van der Waals surface area contributed by atoms with Crippen LogP contribution in [0.15, 0.2) is 48.5 Å². The fourth-order valence-electron chi connectivity index (χ4n) is 1.68. The zero-order valence-corrected chi connectivity index (χ0v) is 10.0. The lowest BCUT2D eigenvalue weighted by Crippen LogP contribution is -1.88. The molecule has 0 saturated carbocycles. The van der Waals surface area contributed by atoms with Gasteiger partial charge in [0.2, 0.25) is 11.5 Å². The molecule has 4 nitrogen and oxygen atoms in total. The highest BCUT2D eigenvalue weighted by Crippen LogP contribution is 2.18. The Hall–Kier alpha value is -2.98. The van der Waals surface area contributed by atoms with Crippen molar-refractivity contribution in [3.8, 4) is 11.5 Å². The maximum Gasteiger partial charge on any atom is 0.219 e. The highest BCUT2D eigenvalue weighted by molar-refractivity contribution is 5.34. The van der Waals surface area contributed by atoms with E-state index in [2.05, 4.69) is 10.0 Å². The van der Waals surface area contributed by atoms with E-state index in [0.717, 1.165) is 17.5 Å². The summed E-state index contributed by atoms with van der Waals surface area (Å²) in [4.78, 5) is 9.40. The summed E-state index contributed by atoms with van der Waals surface area (Å²) in [5.74, 6) is 1.08.